The molecule has 0 aliphatic rings. The molecule has 1 amide bonds. The van der Waals surface area contributed by atoms with Gasteiger partial charge in [-0.1, -0.05) is 169 Å². The van der Waals surface area contributed by atoms with Crippen LogP contribution in [0.5, 0.6) is 0 Å². The highest BCUT2D eigenvalue weighted by Crippen LogP contribution is 2.15. The van der Waals surface area contributed by atoms with E-state index >= 15 is 0 Å². The lowest BCUT2D eigenvalue weighted by molar-refractivity contribution is -0.147. The number of carboxylic acids is 1. The highest BCUT2D eigenvalue weighted by molar-refractivity contribution is 5.83. The van der Waals surface area contributed by atoms with Crippen molar-refractivity contribution < 1.29 is 24.2 Å². The number of hydrogen-bond acceptors (Lipinski definition) is 5. The monoisotopic (exact) mass is 819 g/mol. The summed E-state index contributed by atoms with van der Waals surface area (Å²) >= 11 is 0. The minimum absolute atomic E-state index is 0.118. The van der Waals surface area contributed by atoms with Gasteiger partial charge in [0.05, 0.1) is 0 Å². The summed E-state index contributed by atoms with van der Waals surface area (Å²) in [5.41, 5.74) is 5.48. The Balaban J connectivity index is 4.36. The first-order valence-corrected chi connectivity index (χ1v) is 23.6. The summed E-state index contributed by atoms with van der Waals surface area (Å²) in [4.78, 5) is 36.3. The number of esters is 1. The van der Waals surface area contributed by atoms with E-state index in [0.29, 0.717) is 32.2 Å². The van der Waals surface area contributed by atoms with Crippen molar-refractivity contribution >= 4 is 17.8 Å². The zero-order valence-electron chi connectivity index (χ0n) is 37.6. The summed E-state index contributed by atoms with van der Waals surface area (Å²) in [6.07, 6.45) is 61.9. The molecule has 0 heterocycles. The molecule has 0 spiro atoms. The van der Waals surface area contributed by atoms with Gasteiger partial charge < -0.3 is 20.9 Å². The Kier molecular flexibility index (Phi) is 42.5. The Morgan fingerprint density at radius 1 is 0.525 bits per heavy atom. The summed E-state index contributed by atoms with van der Waals surface area (Å²) in [7, 11) is 0. The Bertz CT molecular complexity index is 1240. The molecule has 0 saturated carbocycles. The molecule has 7 nitrogen and oxygen atoms in total. The molecule has 0 aliphatic carbocycles. The number of carboxylic acid groups (broad SMARTS) is 1. The second-order valence-electron chi connectivity index (χ2n) is 15.4. The van der Waals surface area contributed by atoms with E-state index < -0.39 is 12.0 Å². The van der Waals surface area contributed by atoms with Crippen LogP contribution >= 0.6 is 0 Å². The number of ether oxygens (including phenoxy) is 1. The van der Waals surface area contributed by atoms with Gasteiger partial charge in [0.25, 0.3) is 0 Å². The summed E-state index contributed by atoms with van der Waals surface area (Å²) in [6, 6.07) is -0.862. The third kappa shape index (κ3) is 42.2. The molecule has 0 aromatic rings. The smallest absolute Gasteiger partial charge is 0.326 e. The van der Waals surface area contributed by atoms with Crippen LogP contribution in [0.4, 0.5) is 0 Å². The molecule has 0 radical (unpaired) electrons. The molecular formula is C52H86N2O5. The molecule has 0 aromatic carbocycles. The van der Waals surface area contributed by atoms with Gasteiger partial charge >= 0.3 is 11.9 Å². The molecule has 7 heteroatoms. The summed E-state index contributed by atoms with van der Waals surface area (Å²) < 4.78 is 5.94. The van der Waals surface area contributed by atoms with Crippen LogP contribution in [0.25, 0.3) is 0 Å². The lowest BCUT2D eigenvalue weighted by Crippen LogP contribution is -2.40. The van der Waals surface area contributed by atoms with Crippen molar-refractivity contribution in [3.8, 4) is 0 Å². The number of nitrogens with two attached hydrogens (primary N) is 1. The van der Waals surface area contributed by atoms with Crippen molar-refractivity contribution in [2.75, 3.05) is 6.54 Å². The Hall–Kier alpha value is -3.71. The SMILES string of the molecule is CC/C=C\C/C=C\C/C=C\C/C=C\C/C=C\C/C=C\C/C=C\CCCC(=O)OC(/C=C\CCCCCCCCC)CCCCCCCCC(=O)NC(CCCN)C(=O)O. The van der Waals surface area contributed by atoms with Gasteiger partial charge in [-0.3, -0.25) is 9.59 Å². The average molecular weight is 819 g/mol. The van der Waals surface area contributed by atoms with E-state index in [1.165, 1.54) is 44.9 Å². The first-order chi connectivity index (χ1) is 28.9. The number of rotatable bonds is 41. The van der Waals surface area contributed by atoms with E-state index in [0.717, 1.165) is 109 Å². The normalized spacial score (nSPS) is 13.5. The van der Waals surface area contributed by atoms with Crippen LogP contribution in [0.15, 0.2) is 97.2 Å². The van der Waals surface area contributed by atoms with Gasteiger partial charge in [-0.05, 0) is 115 Å². The highest BCUT2D eigenvalue weighted by Gasteiger charge is 2.18. The fourth-order valence-corrected chi connectivity index (χ4v) is 6.35. The molecule has 59 heavy (non-hydrogen) atoms. The number of carbonyl (C=O) groups is 3. The average Bonchev–Trinajstić information content (AvgIpc) is 3.22. The molecule has 334 valence electrons. The van der Waals surface area contributed by atoms with Gasteiger partial charge in [-0.2, -0.15) is 0 Å². The van der Waals surface area contributed by atoms with Gasteiger partial charge in [-0.15, -0.1) is 0 Å². The summed E-state index contributed by atoms with van der Waals surface area (Å²) in [6.45, 7) is 4.81. The molecule has 0 aromatic heterocycles. The van der Waals surface area contributed by atoms with E-state index in [1.54, 1.807) is 0 Å². The van der Waals surface area contributed by atoms with E-state index in [4.69, 9.17) is 10.5 Å². The van der Waals surface area contributed by atoms with E-state index in [2.05, 4.69) is 116 Å². The van der Waals surface area contributed by atoms with Gasteiger partial charge in [-0.25, -0.2) is 4.79 Å². The first kappa shape index (κ1) is 55.3. The largest absolute Gasteiger partial charge is 0.480 e. The third-order valence-electron chi connectivity index (χ3n) is 9.87. The number of unbranched alkanes of at least 4 members (excludes halogenated alkanes) is 13. The van der Waals surface area contributed by atoms with Gasteiger partial charge in [0.15, 0.2) is 0 Å². The number of amides is 1. The standard InChI is InChI=1S/C52H86N2O5/c1-3-5-7-9-11-13-14-15-16-17-18-19-20-21-22-23-24-25-26-28-30-36-40-46-51(56)59-48(42-37-33-29-27-12-10-8-6-4-2)43-38-34-31-32-35-39-45-50(55)54-49(52(57)58)44-41-47-53/h5,7,11,13,15-16,18-19,21-22,24-25,28,30,37,42,48-49H,3-4,6,8-10,12,14,17,20,23,26-27,29,31-36,38-41,43-47,53H2,1-2H3,(H,54,55)(H,57,58)/b7-5-,13-11-,16-15-,19-18-,22-21-,25-24-,30-28-,42-37-. The zero-order chi connectivity index (χ0) is 43.1. The van der Waals surface area contributed by atoms with Crippen LogP contribution < -0.4 is 11.1 Å². The van der Waals surface area contributed by atoms with Gasteiger partial charge in [0, 0.05) is 12.8 Å². The zero-order valence-corrected chi connectivity index (χ0v) is 37.6. The van der Waals surface area contributed by atoms with Crippen LogP contribution in [0.3, 0.4) is 0 Å². The number of allylic oxidation sites excluding steroid dienone is 15. The van der Waals surface area contributed by atoms with Crippen LogP contribution in [0.1, 0.15) is 194 Å². The third-order valence-corrected chi connectivity index (χ3v) is 9.87. The maximum atomic E-state index is 12.8. The topological polar surface area (TPSA) is 119 Å². The molecule has 0 bridgehead atoms. The number of carbonyl (C=O) groups excluding carboxylic acids is 2. The molecule has 0 saturated heterocycles. The van der Waals surface area contributed by atoms with E-state index in [1.807, 2.05) is 0 Å². The Morgan fingerprint density at radius 3 is 1.53 bits per heavy atom. The number of aliphatic carboxylic acids is 1. The molecule has 0 fully saturated rings. The minimum Gasteiger partial charge on any atom is -0.480 e. The molecule has 2 unspecified atom stereocenters. The van der Waals surface area contributed by atoms with Crippen molar-refractivity contribution in [2.45, 2.75) is 206 Å². The van der Waals surface area contributed by atoms with Crippen LogP contribution in [0, 0.1) is 0 Å². The van der Waals surface area contributed by atoms with Crippen LogP contribution in [-0.2, 0) is 19.1 Å². The number of nitrogens with one attached hydrogen (secondary N) is 1. The van der Waals surface area contributed by atoms with Crippen molar-refractivity contribution in [1.29, 1.82) is 0 Å². The van der Waals surface area contributed by atoms with Crippen LogP contribution in [0.2, 0.25) is 0 Å². The fraction of sp³-hybridized carbons (Fsp3) is 0.635. The summed E-state index contributed by atoms with van der Waals surface area (Å²) in [5.74, 6) is -1.34. The van der Waals surface area contributed by atoms with Crippen molar-refractivity contribution in [3.63, 3.8) is 0 Å². The molecule has 0 aliphatic heterocycles. The van der Waals surface area contributed by atoms with E-state index in [9.17, 15) is 19.5 Å². The molecule has 4 N–H and O–H groups in total. The van der Waals surface area contributed by atoms with Crippen molar-refractivity contribution in [3.05, 3.63) is 97.2 Å². The second kappa shape index (κ2) is 45.4. The van der Waals surface area contributed by atoms with Gasteiger partial charge in [0.1, 0.15) is 12.1 Å². The van der Waals surface area contributed by atoms with Crippen molar-refractivity contribution in [1.82, 2.24) is 5.32 Å². The summed E-state index contributed by atoms with van der Waals surface area (Å²) in [5, 5.41) is 11.9. The quantitative estimate of drug-likeness (QED) is 0.0321. The minimum atomic E-state index is -1.01. The fourth-order valence-electron chi connectivity index (χ4n) is 6.35. The van der Waals surface area contributed by atoms with Crippen molar-refractivity contribution in [2.24, 2.45) is 5.73 Å². The van der Waals surface area contributed by atoms with E-state index in [-0.39, 0.29) is 18.0 Å². The Morgan fingerprint density at radius 2 is 1.00 bits per heavy atom. The highest BCUT2D eigenvalue weighted by atomic mass is 16.5. The number of hydrogen-bond donors (Lipinski definition) is 3. The first-order valence-electron chi connectivity index (χ1n) is 23.6. The predicted molar refractivity (Wildman–Crippen MR) is 252 cm³/mol. The maximum absolute atomic E-state index is 12.8. The second-order valence-corrected chi connectivity index (χ2v) is 15.4. The Labute approximate surface area is 361 Å². The van der Waals surface area contributed by atoms with Gasteiger partial charge in [0.2, 0.25) is 5.91 Å². The lowest BCUT2D eigenvalue weighted by atomic mass is 10.0. The lowest BCUT2D eigenvalue weighted by Gasteiger charge is -2.15. The molecule has 0 rings (SSSR count). The predicted octanol–water partition coefficient (Wildman–Crippen LogP) is 13.8. The van der Waals surface area contributed by atoms with Crippen LogP contribution in [-0.4, -0.2) is 41.6 Å². The molecule has 2 atom stereocenters. The maximum Gasteiger partial charge on any atom is 0.326 e. The molecular weight excluding hydrogens is 733 g/mol.